The van der Waals surface area contributed by atoms with Crippen LogP contribution >= 0.6 is 0 Å². The summed E-state index contributed by atoms with van der Waals surface area (Å²) in [6, 6.07) is 2.12. The monoisotopic (exact) mass is 252 g/mol. The lowest BCUT2D eigenvalue weighted by molar-refractivity contribution is -0.139. The van der Waals surface area contributed by atoms with Crippen LogP contribution in [-0.2, 0) is 6.18 Å². The van der Waals surface area contributed by atoms with Gasteiger partial charge in [-0.05, 0) is 6.07 Å². The lowest BCUT2D eigenvalue weighted by atomic mass is 10.0. The van der Waals surface area contributed by atoms with Crippen LogP contribution < -0.4 is 0 Å². The minimum absolute atomic E-state index is 0.0192. The molecule has 0 radical (unpaired) electrons. The lowest BCUT2D eigenvalue weighted by Gasteiger charge is -2.13. The van der Waals surface area contributed by atoms with Crippen molar-refractivity contribution in [2.75, 3.05) is 0 Å². The van der Waals surface area contributed by atoms with Crippen molar-refractivity contribution in [3.63, 3.8) is 0 Å². The number of alkyl halides is 5. The molecule has 0 spiro atoms. The molecule has 0 aromatic heterocycles. The molecule has 0 aliphatic carbocycles. The van der Waals surface area contributed by atoms with Gasteiger partial charge in [-0.25, -0.2) is 8.78 Å². The summed E-state index contributed by atoms with van der Waals surface area (Å²) in [5.41, 5.74) is -2.76. The van der Waals surface area contributed by atoms with E-state index in [1.54, 1.807) is 0 Å². The van der Waals surface area contributed by atoms with Gasteiger partial charge in [0.1, 0.15) is 0 Å². The summed E-state index contributed by atoms with van der Waals surface area (Å²) < 4.78 is 62.3. The van der Waals surface area contributed by atoms with E-state index in [1.165, 1.54) is 6.92 Å². The summed E-state index contributed by atoms with van der Waals surface area (Å²) in [6.45, 7) is 1.48. The highest BCUT2D eigenvalue weighted by Crippen LogP contribution is 2.36. The molecule has 0 saturated carbocycles. The fraction of sp³-hybridized carbons (Fsp3) is 0.364. The third-order valence-electron chi connectivity index (χ3n) is 2.24. The maximum Gasteiger partial charge on any atom is 0.416 e. The normalized spacial score (nSPS) is 11.9. The highest BCUT2D eigenvalue weighted by atomic mass is 19.4. The molecule has 0 fully saturated rings. The van der Waals surface area contributed by atoms with Crippen LogP contribution in [0.5, 0.6) is 0 Å². The topological polar surface area (TPSA) is 17.1 Å². The van der Waals surface area contributed by atoms with Crippen molar-refractivity contribution >= 4 is 5.78 Å². The molecular weight excluding hydrogens is 243 g/mol. The van der Waals surface area contributed by atoms with Crippen LogP contribution in [0.15, 0.2) is 18.2 Å². The van der Waals surface area contributed by atoms with E-state index in [0.717, 1.165) is 6.07 Å². The second kappa shape index (κ2) is 4.81. The number of hydrogen-bond acceptors (Lipinski definition) is 1. The van der Waals surface area contributed by atoms with Gasteiger partial charge in [-0.3, -0.25) is 4.79 Å². The Labute approximate surface area is 94.2 Å². The molecule has 0 bridgehead atoms. The molecule has 1 nitrogen and oxygen atoms in total. The van der Waals surface area contributed by atoms with E-state index in [9.17, 15) is 26.7 Å². The van der Waals surface area contributed by atoms with E-state index in [2.05, 4.69) is 0 Å². The molecule has 0 unspecified atom stereocenters. The maximum absolute atomic E-state index is 12.5. The Balaban J connectivity index is 3.35. The van der Waals surface area contributed by atoms with Crippen LogP contribution in [0.1, 0.15) is 41.3 Å². The number of ketones is 1. The summed E-state index contributed by atoms with van der Waals surface area (Å²) >= 11 is 0. The third-order valence-corrected chi connectivity index (χ3v) is 2.24. The number of rotatable bonds is 3. The molecule has 0 heterocycles. The van der Waals surface area contributed by atoms with Crippen molar-refractivity contribution in [2.24, 2.45) is 0 Å². The smallest absolute Gasteiger partial charge is 0.294 e. The zero-order valence-electron chi connectivity index (χ0n) is 8.81. The van der Waals surface area contributed by atoms with Gasteiger partial charge in [-0.1, -0.05) is 19.1 Å². The average molecular weight is 252 g/mol. The SMILES string of the molecule is CCC(=O)c1ccc(C(F)F)c(C(F)(F)F)c1. The van der Waals surface area contributed by atoms with Gasteiger partial charge in [0.05, 0.1) is 5.56 Å². The quantitative estimate of drug-likeness (QED) is 0.581. The van der Waals surface area contributed by atoms with Crippen LogP contribution in [0.2, 0.25) is 0 Å². The number of hydrogen-bond donors (Lipinski definition) is 0. The van der Waals surface area contributed by atoms with E-state index >= 15 is 0 Å². The van der Waals surface area contributed by atoms with Crippen LogP contribution in [0.25, 0.3) is 0 Å². The molecule has 0 amide bonds. The fourth-order valence-electron chi connectivity index (χ4n) is 1.37. The zero-order valence-corrected chi connectivity index (χ0v) is 8.81. The minimum atomic E-state index is -4.89. The summed E-state index contributed by atoms with van der Waals surface area (Å²) in [5.74, 6) is -0.517. The molecular formula is C11H9F5O. The first-order valence-corrected chi connectivity index (χ1v) is 4.79. The zero-order chi connectivity index (χ0) is 13.2. The fourth-order valence-corrected chi connectivity index (χ4v) is 1.37. The Kier molecular flexibility index (Phi) is 3.85. The Morgan fingerprint density at radius 1 is 1.29 bits per heavy atom. The summed E-state index contributed by atoms with van der Waals surface area (Å²) in [5, 5.41) is 0. The first-order valence-electron chi connectivity index (χ1n) is 4.79. The highest BCUT2D eigenvalue weighted by Gasteiger charge is 2.36. The molecule has 0 aliphatic heterocycles. The molecule has 17 heavy (non-hydrogen) atoms. The van der Waals surface area contributed by atoms with E-state index in [1.807, 2.05) is 0 Å². The molecule has 0 atom stereocenters. The van der Waals surface area contributed by atoms with Gasteiger partial charge >= 0.3 is 6.18 Å². The number of carbonyl (C=O) groups is 1. The average Bonchev–Trinajstić information content (AvgIpc) is 2.25. The molecule has 1 rings (SSSR count). The first-order chi connectivity index (χ1) is 7.77. The van der Waals surface area contributed by atoms with Gasteiger partial charge in [-0.2, -0.15) is 13.2 Å². The van der Waals surface area contributed by atoms with Crippen molar-refractivity contribution in [1.29, 1.82) is 0 Å². The lowest BCUT2D eigenvalue weighted by Crippen LogP contribution is -2.11. The molecule has 0 N–H and O–H groups in total. The molecule has 0 saturated heterocycles. The Morgan fingerprint density at radius 3 is 2.29 bits per heavy atom. The standard InChI is InChI=1S/C11H9F5O/c1-2-9(17)6-3-4-7(10(12)13)8(5-6)11(14,15)16/h3-5,10H,2H2,1H3. The Hall–Kier alpha value is -1.46. The number of Topliss-reactive ketones (excluding diaryl/α,β-unsaturated/α-hetero) is 1. The summed E-state index contributed by atoms with van der Waals surface area (Å²) in [6.07, 6.45) is -8.10. The minimum Gasteiger partial charge on any atom is -0.294 e. The van der Waals surface area contributed by atoms with Crippen molar-refractivity contribution in [3.05, 3.63) is 34.9 Å². The van der Waals surface area contributed by atoms with E-state index in [0.29, 0.717) is 12.1 Å². The Morgan fingerprint density at radius 2 is 1.88 bits per heavy atom. The predicted octanol–water partition coefficient (Wildman–Crippen LogP) is 4.24. The van der Waals surface area contributed by atoms with Gasteiger partial charge in [0, 0.05) is 17.5 Å². The molecule has 0 aliphatic rings. The Bertz CT molecular complexity index is 422. The predicted molar refractivity (Wildman–Crippen MR) is 51.0 cm³/mol. The summed E-state index contributed by atoms with van der Waals surface area (Å²) in [7, 11) is 0. The van der Waals surface area contributed by atoms with Gasteiger partial charge in [0.2, 0.25) is 0 Å². The van der Waals surface area contributed by atoms with E-state index in [4.69, 9.17) is 0 Å². The second-order valence-electron chi connectivity index (χ2n) is 3.38. The molecule has 1 aromatic rings. The number of carbonyl (C=O) groups excluding carboxylic acids is 1. The molecule has 1 aromatic carbocycles. The van der Waals surface area contributed by atoms with Gasteiger partial charge in [0.15, 0.2) is 5.78 Å². The second-order valence-corrected chi connectivity index (χ2v) is 3.38. The number of halogens is 5. The van der Waals surface area contributed by atoms with Crippen LogP contribution in [0, 0.1) is 0 Å². The third kappa shape index (κ3) is 3.01. The van der Waals surface area contributed by atoms with Crippen molar-refractivity contribution in [3.8, 4) is 0 Å². The van der Waals surface area contributed by atoms with Crippen molar-refractivity contribution in [1.82, 2.24) is 0 Å². The number of benzene rings is 1. The van der Waals surface area contributed by atoms with Crippen molar-refractivity contribution in [2.45, 2.75) is 25.9 Å². The van der Waals surface area contributed by atoms with E-state index in [-0.39, 0.29) is 12.0 Å². The van der Waals surface area contributed by atoms with Gasteiger partial charge < -0.3 is 0 Å². The van der Waals surface area contributed by atoms with Crippen molar-refractivity contribution < 1.29 is 26.7 Å². The van der Waals surface area contributed by atoms with E-state index < -0.39 is 29.5 Å². The highest BCUT2D eigenvalue weighted by molar-refractivity contribution is 5.96. The van der Waals surface area contributed by atoms with Crippen LogP contribution in [0.4, 0.5) is 22.0 Å². The molecule has 6 heteroatoms. The largest absolute Gasteiger partial charge is 0.416 e. The van der Waals surface area contributed by atoms with Gasteiger partial charge in [0.25, 0.3) is 6.43 Å². The van der Waals surface area contributed by atoms with Gasteiger partial charge in [-0.15, -0.1) is 0 Å². The molecule has 94 valence electrons. The summed E-state index contributed by atoms with van der Waals surface area (Å²) in [4.78, 5) is 11.2. The van der Waals surface area contributed by atoms with Crippen LogP contribution in [0.3, 0.4) is 0 Å². The maximum atomic E-state index is 12.5. The first kappa shape index (κ1) is 13.6. The van der Waals surface area contributed by atoms with Crippen LogP contribution in [-0.4, -0.2) is 5.78 Å².